The average Bonchev–Trinajstić information content (AvgIpc) is 2.96. The van der Waals surface area contributed by atoms with Crippen LogP contribution in [0.1, 0.15) is 46.9 Å². The van der Waals surface area contributed by atoms with Gasteiger partial charge in [-0.1, -0.05) is 31.5 Å². The summed E-state index contributed by atoms with van der Waals surface area (Å²) in [4.78, 5) is 12.6. The molecule has 1 aromatic heterocycles. The van der Waals surface area contributed by atoms with Crippen LogP contribution in [0.25, 0.3) is 10.9 Å². The van der Waals surface area contributed by atoms with Gasteiger partial charge in [-0.3, -0.25) is 4.79 Å². The first kappa shape index (κ1) is 16.8. The van der Waals surface area contributed by atoms with Crippen molar-refractivity contribution in [1.29, 1.82) is 0 Å². The minimum atomic E-state index is -0.244. The molecule has 26 heavy (non-hydrogen) atoms. The van der Waals surface area contributed by atoms with Gasteiger partial charge >= 0.3 is 0 Å². The summed E-state index contributed by atoms with van der Waals surface area (Å²) in [5.74, 6) is -0.258. The highest BCUT2D eigenvalue weighted by atomic mass is 19.1. The molecule has 1 N–H and O–H groups in total. The van der Waals surface area contributed by atoms with Gasteiger partial charge in [0, 0.05) is 24.0 Å². The number of benzene rings is 2. The Bertz CT molecular complexity index is 956. The SMILES string of the molecule is CCCCc1ccc2c(c1)c1c(n2Cc2ccc(F)cc2)C(=O)NCC1. The van der Waals surface area contributed by atoms with E-state index >= 15 is 0 Å². The second-order valence-electron chi connectivity index (χ2n) is 7.00. The zero-order valence-corrected chi connectivity index (χ0v) is 15.0. The number of halogens is 1. The maximum absolute atomic E-state index is 13.2. The number of carbonyl (C=O) groups is 1. The van der Waals surface area contributed by atoms with Crippen molar-refractivity contribution in [2.75, 3.05) is 6.54 Å². The predicted molar refractivity (Wildman–Crippen MR) is 102 cm³/mol. The fraction of sp³-hybridized carbons (Fsp3) is 0.318. The van der Waals surface area contributed by atoms with Gasteiger partial charge in [0.25, 0.3) is 5.91 Å². The number of unbranched alkanes of at least 4 members (excludes halogenated alkanes) is 1. The number of nitrogens with one attached hydrogen (secondary N) is 1. The molecule has 4 heteroatoms. The zero-order valence-electron chi connectivity index (χ0n) is 15.0. The van der Waals surface area contributed by atoms with E-state index in [-0.39, 0.29) is 11.7 Å². The van der Waals surface area contributed by atoms with Crippen LogP contribution in [0, 0.1) is 5.82 Å². The van der Waals surface area contributed by atoms with E-state index in [0.29, 0.717) is 13.1 Å². The van der Waals surface area contributed by atoms with Gasteiger partial charge in [0.05, 0.1) is 0 Å². The minimum absolute atomic E-state index is 0.0142. The molecule has 0 unspecified atom stereocenters. The number of nitrogens with zero attached hydrogens (tertiary/aromatic N) is 1. The molecule has 0 atom stereocenters. The van der Waals surface area contributed by atoms with E-state index in [1.807, 2.05) is 0 Å². The third kappa shape index (κ3) is 3.00. The van der Waals surface area contributed by atoms with Crippen molar-refractivity contribution < 1.29 is 9.18 Å². The maximum atomic E-state index is 13.2. The summed E-state index contributed by atoms with van der Waals surface area (Å²) in [6.07, 6.45) is 4.26. The number of fused-ring (bicyclic) bond motifs is 3. The van der Waals surface area contributed by atoms with Gasteiger partial charge in [-0.05, 0) is 60.2 Å². The van der Waals surface area contributed by atoms with Crippen LogP contribution in [0.2, 0.25) is 0 Å². The largest absolute Gasteiger partial charge is 0.350 e. The van der Waals surface area contributed by atoms with Crippen molar-refractivity contribution in [1.82, 2.24) is 9.88 Å². The van der Waals surface area contributed by atoms with E-state index in [0.717, 1.165) is 35.2 Å². The van der Waals surface area contributed by atoms with Gasteiger partial charge in [0.15, 0.2) is 0 Å². The smallest absolute Gasteiger partial charge is 0.268 e. The van der Waals surface area contributed by atoms with Crippen molar-refractivity contribution in [3.63, 3.8) is 0 Å². The monoisotopic (exact) mass is 350 g/mol. The Labute approximate surface area is 152 Å². The molecule has 1 amide bonds. The van der Waals surface area contributed by atoms with E-state index < -0.39 is 0 Å². The number of aryl methyl sites for hydroxylation is 1. The van der Waals surface area contributed by atoms with Crippen LogP contribution < -0.4 is 5.32 Å². The molecular formula is C22H23FN2O. The first-order chi connectivity index (χ1) is 12.7. The molecule has 4 rings (SSSR count). The number of rotatable bonds is 5. The number of hydrogen-bond donors (Lipinski definition) is 1. The Balaban J connectivity index is 1.83. The van der Waals surface area contributed by atoms with Crippen LogP contribution in [0.4, 0.5) is 4.39 Å². The summed E-state index contributed by atoms with van der Waals surface area (Å²) in [7, 11) is 0. The van der Waals surface area contributed by atoms with E-state index in [9.17, 15) is 9.18 Å². The highest BCUT2D eigenvalue weighted by Gasteiger charge is 2.26. The first-order valence-electron chi connectivity index (χ1n) is 9.34. The van der Waals surface area contributed by atoms with E-state index in [1.54, 1.807) is 12.1 Å². The second-order valence-corrected chi connectivity index (χ2v) is 7.00. The molecule has 0 radical (unpaired) electrons. The van der Waals surface area contributed by atoms with Crippen molar-refractivity contribution in [2.24, 2.45) is 0 Å². The van der Waals surface area contributed by atoms with Crippen molar-refractivity contribution >= 4 is 16.8 Å². The predicted octanol–water partition coefficient (Wildman–Crippen LogP) is 4.46. The van der Waals surface area contributed by atoms with Gasteiger partial charge in [-0.2, -0.15) is 0 Å². The van der Waals surface area contributed by atoms with Gasteiger partial charge in [-0.25, -0.2) is 4.39 Å². The Morgan fingerprint density at radius 3 is 2.65 bits per heavy atom. The van der Waals surface area contributed by atoms with Gasteiger partial charge < -0.3 is 9.88 Å². The molecule has 2 aromatic carbocycles. The third-order valence-electron chi connectivity index (χ3n) is 5.18. The van der Waals surface area contributed by atoms with Crippen LogP contribution in [-0.4, -0.2) is 17.0 Å². The van der Waals surface area contributed by atoms with Crippen molar-refractivity contribution in [2.45, 2.75) is 39.2 Å². The molecule has 1 aliphatic rings. The third-order valence-corrected chi connectivity index (χ3v) is 5.18. The lowest BCUT2D eigenvalue weighted by molar-refractivity contribution is 0.0937. The summed E-state index contributed by atoms with van der Waals surface area (Å²) in [6, 6.07) is 13.1. The van der Waals surface area contributed by atoms with Gasteiger partial charge in [-0.15, -0.1) is 0 Å². The molecule has 0 bridgehead atoms. The van der Waals surface area contributed by atoms with E-state index in [2.05, 4.69) is 35.0 Å². The molecule has 3 nitrogen and oxygen atoms in total. The molecule has 0 saturated heterocycles. The van der Waals surface area contributed by atoms with E-state index in [1.165, 1.54) is 35.9 Å². The lowest BCUT2D eigenvalue weighted by Crippen LogP contribution is -2.33. The molecule has 0 aliphatic carbocycles. The number of hydrogen-bond acceptors (Lipinski definition) is 1. The number of amides is 1. The molecule has 0 saturated carbocycles. The van der Waals surface area contributed by atoms with Crippen LogP contribution in [0.5, 0.6) is 0 Å². The van der Waals surface area contributed by atoms with E-state index in [4.69, 9.17) is 0 Å². The summed E-state index contributed by atoms with van der Waals surface area (Å²) in [5.41, 5.74) is 5.29. The normalized spacial score (nSPS) is 13.7. The van der Waals surface area contributed by atoms with Gasteiger partial charge in [0.2, 0.25) is 0 Å². The minimum Gasteiger partial charge on any atom is -0.350 e. The number of aromatic nitrogens is 1. The standard InChI is InChI=1S/C22H23FN2O/c1-2-3-4-15-7-10-20-19(13-15)18-11-12-24-22(26)21(18)25(20)14-16-5-8-17(23)9-6-16/h5-10,13H,2-4,11-12,14H2,1H3,(H,24,26). The average molecular weight is 350 g/mol. The second kappa shape index (κ2) is 6.94. The molecule has 1 aliphatic heterocycles. The van der Waals surface area contributed by atoms with Crippen molar-refractivity contribution in [3.05, 3.63) is 70.7 Å². The summed E-state index contributed by atoms with van der Waals surface area (Å²) >= 11 is 0. The number of carbonyl (C=O) groups excluding carboxylic acids is 1. The topological polar surface area (TPSA) is 34.0 Å². The van der Waals surface area contributed by atoms with Crippen LogP contribution in [-0.2, 0) is 19.4 Å². The highest BCUT2D eigenvalue weighted by Crippen LogP contribution is 2.31. The van der Waals surface area contributed by atoms with Crippen LogP contribution in [0.15, 0.2) is 42.5 Å². The quantitative estimate of drug-likeness (QED) is 0.724. The maximum Gasteiger partial charge on any atom is 0.268 e. The Morgan fingerprint density at radius 2 is 1.88 bits per heavy atom. The zero-order chi connectivity index (χ0) is 18.1. The van der Waals surface area contributed by atoms with Crippen LogP contribution >= 0.6 is 0 Å². The molecule has 3 aromatic rings. The molecule has 0 fully saturated rings. The van der Waals surface area contributed by atoms with Crippen molar-refractivity contribution in [3.8, 4) is 0 Å². The summed E-state index contributed by atoms with van der Waals surface area (Å²) < 4.78 is 15.3. The lowest BCUT2D eigenvalue weighted by atomic mass is 10.0. The Morgan fingerprint density at radius 1 is 1.12 bits per heavy atom. The molecule has 2 heterocycles. The summed E-state index contributed by atoms with van der Waals surface area (Å²) in [5, 5.41) is 4.15. The fourth-order valence-corrected chi connectivity index (χ4v) is 3.84. The Kier molecular flexibility index (Phi) is 4.49. The first-order valence-corrected chi connectivity index (χ1v) is 9.34. The lowest BCUT2D eigenvalue weighted by Gasteiger charge is -2.16. The molecular weight excluding hydrogens is 327 g/mol. The highest BCUT2D eigenvalue weighted by molar-refractivity contribution is 6.03. The Hall–Kier alpha value is -2.62. The van der Waals surface area contributed by atoms with Crippen LogP contribution in [0.3, 0.4) is 0 Å². The fourth-order valence-electron chi connectivity index (χ4n) is 3.84. The molecule has 134 valence electrons. The summed E-state index contributed by atoms with van der Waals surface area (Å²) in [6.45, 7) is 3.44. The molecule has 0 spiro atoms. The van der Waals surface area contributed by atoms with Gasteiger partial charge in [0.1, 0.15) is 11.5 Å².